The average Bonchev–Trinajstić information content (AvgIpc) is 2.38. The van der Waals surface area contributed by atoms with Gasteiger partial charge in [-0.25, -0.2) is 0 Å². The zero-order valence-corrected chi connectivity index (χ0v) is 10.8. The summed E-state index contributed by atoms with van der Waals surface area (Å²) in [6.45, 7) is 3.78. The van der Waals surface area contributed by atoms with Crippen molar-refractivity contribution in [3.63, 3.8) is 0 Å². The van der Waals surface area contributed by atoms with Crippen molar-refractivity contribution in [2.75, 3.05) is 12.4 Å². The Balaban J connectivity index is 2.60. The van der Waals surface area contributed by atoms with Crippen LogP contribution in [-0.2, 0) is 9.59 Å². The van der Waals surface area contributed by atoms with Gasteiger partial charge in [0.15, 0.2) is 0 Å². The molecule has 5 nitrogen and oxygen atoms in total. The van der Waals surface area contributed by atoms with Gasteiger partial charge in [-0.2, -0.15) is 0 Å². The van der Waals surface area contributed by atoms with Crippen molar-refractivity contribution in [1.82, 2.24) is 5.32 Å². The number of amides is 2. The van der Waals surface area contributed by atoms with E-state index < -0.39 is 11.8 Å². The average molecular weight is 250 g/mol. The maximum atomic E-state index is 11.6. The second-order valence-electron chi connectivity index (χ2n) is 3.97. The number of nitrogens with one attached hydrogen (secondary N) is 2. The number of ether oxygens (including phenoxy) is 1. The molecule has 0 saturated heterocycles. The van der Waals surface area contributed by atoms with Crippen LogP contribution in [0.5, 0.6) is 5.75 Å². The number of carbonyl (C=O) groups excluding carboxylic acids is 2. The van der Waals surface area contributed by atoms with Crippen LogP contribution < -0.4 is 15.4 Å². The number of hydrogen-bond donors (Lipinski definition) is 2. The van der Waals surface area contributed by atoms with E-state index in [1.807, 2.05) is 13.8 Å². The second kappa shape index (κ2) is 6.64. The van der Waals surface area contributed by atoms with Crippen LogP contribution in [0.15, 0.2) is 24.3 Å². The number of rotatable bonds is 4. The zero-order valence-electron chi connectivity index (χ0n) is 10.8. The van der Waals surface area contributed by atoms with Gasteiger partial charge in [0, 0.05) is 17.8 Å². The van der Waals surface area contributed by atoms with Gasteiger partial charge in [-0.3, -0.25) is 9.59 Å². The third-order valence-electron chi connectivity index (χ3n) is 2.52. The maximum absolute atomic E-state index is 11.6. The van der Waals surface area contributed by atoms with Crippen molar-refractivity contribution in [3.8, 4) is 5.75 Å². The van der Waals surface area contributed by atoms with E-state index in [1.165, 1.54) is 7.11 Å². The summed E-state index contributed by atoms with van der Waals surface area (Å²) in [4.78, 5) is 23.1. The first-order valence-corrected chi connectivity index (χ1v) is 5.82. The molecule has 0 spiro atoms. The number of carbonyl (C=O) groups is 2. The van der Waals surface area contributed by atoms with Crippen molar-refractivity contribution in [3.05, 3.63) is 24.3 Å². The van der Waals surface area contributed by atoms with Crippen LogP contribution in [0, 0.1) is 0 Å². The minimum atomic E-state index is -0.677. The first-order valence-electron chi connectivity index (χ1n) is 5.82. The van der Waals surface area contributed by atoms with E-state index >= 15 is 0 Å². The molecule has 2 N–H and O–H groups in total. The number of hydrogen-bond acceptors (Lipinski definition) is 3. The van der Waals surface area contributed by atoms with Crippen LogP contribution in [0.25, 0.3) is 0 Å². The van der Waals surface area contributed by atoms with Gasteiger partial charge in [-0.05, 0) is 25.5 Å². The Morgan fingerprint density at radius 2 is 2.06 bits per heavy atom. The first-order chi connectivity index (χ1) is 8.56. The summed E-state index contributed by atoms with van der Waals surface area (Å²) in [5, 5.41) is 5.11. The highest BCUT2D eigenvalue weighted by Gasteiger charge is 2.15. The molecule has 2 amide bonds. The SMILES string of the molecule is CC[C@H](C)NC(=O)C(=O)Nc1cccc(OC)c1. The summed E-state index contributed by atoms with van der Waals surface area (Å²) in [6.07, 6.45) is 0.776. The van der Waals surface area contributed by atoms with Crippen molar-refractivity contribution in [1.29, 1.82) is 0 Å². The minimum absolute atomic E-state index is 0.0199. The molecule has 0 heterocycles. The van der Waals surface area contributed by atoms with E-state index in [2.05, 4.69) is 10.6 Å². The van der Waals surface area contributed by atoms with Crippen LogP contribution in [0.1, 0.15) is 20.3 Å². The van der Waals surface area contributed by atoms with Gasteiger partial charge < -0.3 is 15.4 Å². The topological polar surface area (TPSA) is 67.4 Å². The minimum Gasteiger partial charge on any atom is -0.497 e. The van der Waals surface area contributed by atoms with E-state index in [-0.39, 0.29) is 6.04 Å². The Morgan fingerprint density at radius 1 is 1.33 bits per heavy atom. The van der Waals surface area contributed by atoms with Gasteiger partial charge in [0.25, 0.3) is 0 Å². The van der Waals surface area contributed by atoms with Crippen LogP contribution in [0.3, 0.4) is 0 Å². The Hall–Kier alpha value is -2.04. The fraction of sp³-hybridized carbons (Fsp3) is 0.385. The lowest BCUT2D eigenvalue weighted by Crippen LogP contribution is -2.40. The molecule has 5 heteroatoms. The highest BCUT2D eigenvalue weighted by Crippen LogP contribution is 2.16. The predicted octanol–water partition coefficient (Wildman–Crippen LogP) is 1.55. The molecular weight excluding hydrogens is 232 g/mol. The summed E-state index contributed by atoms with van der Waals surface area (Å²) >= 11 is 0. The largest absolute Gasteiger partial charge is 0.497 e. The van der Waals surface area contributed by atoms with E-state index in [9.17, 15) is 9.59 Å². The zero-order chi connectivity index (χ0) is 13.5. The lowest BCUT2D eigenvalue weighted by molar-refractivity contribution is -0.136. The van der Waals surface area contributed by atoms with E-state index in [4.69, 9.17) is 4.74 Å². The molecule has 0 saturated carbocycles. The summed E-state index contributed by atoms with van der Waals surface area (Å²) < 4.78 is 5.03. The van der Waals surface area contributed by atoms with Gasteiger partial charge in [-0.1, -0.05) is 13.0 Å². The summed E-state index contributed by atoms with van der Waals surface area (Å²) in [7, 11) is 1.54. The third kappa shape index (κ3) is 4.08. The maximum Gasteiger partial charge on any atom is 0.313 e. The van der Waals surface area contributed by atoms with Crippen LogP contribution in [-0.4, -0.2) is 25.0 Å². The number of anilines is 1. The molecule has 0 fully saturated rings. The molecule has 0 unspecified atom stereocenters. The quantitative estimate of drug-likeness (QED) is 0.797. The highest BCUT2D eigenvalue weighted by atomic mass is 16.5. The van der Waals surface area contributed by atoms with Crippen molar-refractivity contribution in [2.45, 2.75) is 26.3 Å². The van der Waals surface area contributed by atoms with Crippen LogP contribution >= 0.6 is 0 Å². The molecule has 1 atom stereocenters. The summed E-state index contributed by atoms with van der Waals surface area (Å²) in [5.41, 5.74) is 0.527. The lowest BCUT2D eigenvalue weighted by atomic mass is 10.2. The van der Waals surface area contributed by atoms with Crippen molar-refractivity contribution in [2.24, 2.45) is 0 Å². The molecular formula is C13H18N2O3. The van der Waals surface area contributed by atoms with E-state index in [0.717, 1.165) is 6.42 Å². The Bertz CT molecular complexity index is 432. The summed E-state index contributed by atoms with van der Waals surface area (Å²) in [6, 6.07) is 6.81. The molecule has 0 radical (unpaired) electrons. The van der Waals surface area contributed by atoms with Crippen molar-refractivity contribution < 1.29 is 14.3 Å². The molecule has 1 aromatic rings. The van der Waals surface area contributed by atoms with Crippen LogP contribution in [0.2, 0.25) is 0 Å². The molecule has 0 aliphatic rings. The normalized spacial score (nSPS) is 11.5. The van der Waals surface area contributed by atoms with Gasteiger partial charge in [0.2, 0.25) is 0 Å². The predicted molar refractivity (Wildman–Crippen MR) is 69.5 cm³/mol. The molecule has 98 valence electrons. The number of benzene rings is 1. The standard InChI is InChI=1S/C13H18N2O3/c1-4-9(2)14-12(16)13(17)15-10-6-5-7-11(8-10)18-3/h5-9H,4H2,1-3H3,(H,14,16)(H,15,17)/t9-/m0/s1. The highest BCUT2D eigenvalue weighted by molar-refractivity contribution is 6.39. The van der Waals surface area contributed by atoms with Gasteiger partial charge in [-0.15, -0.1) is 0 Å². The number of methoxy groups -OCH3 is 1. The Morgan fingerprint density at radius 3 is 2.67 bits per heavy atom. The van der Waals surface area contributed by atoms with Gasteiger partial charge in [0.1, 0.15) is 5.75 Å². The Kier molecular flexibility index (Phi) is 5.17. The van der Waals surface area contributed by atoms with Gasteiger partial charge >= 0.3 is 11.8 Å². The van der Waals surface area contributed by atoms with E-state index in [0.29, 0.717) is 11.4 Å². The summed E-state index contributed by atoms with van der Waals surface area (Å²) in [5.74, 6) is -0.689. The first kappa shape index (κ1) is 14.0. The molecule has 1 rings (SSSR count). The smallest absolute Gasteiger partial charge is 0.313 e. The Labute approximate surface area is 107 Å². The third-order valence-corrected chi connectivity index (χ3v) is 2.52. The monoisotopic (exact) mass is 250 g/mol. The second-order valence-corrected chi connectivity index (χ2v) is 3.97. The van der Waals surface area contributed by atoms with Crippen molar-refractivity contribution >= 4 is 17.5 Å². The molecule has 18 heavy (non-hydrogen) atoms. The van der Waals surface area contributed by atoms with Crippen LogP contribution in [0.4, 0.5) is 5.69 Å². The molecule has 0 bridgehead atoms. The molecule has 0 aliphatic carbocycles. The fourth-order valence-electron chi connectivity index (χ4n) is 1.28. The lowest BCUT2D eigenvalue weighted by Gasteiger charge is -2.11. The molecule has 0 aromatic heterocycles. The van der Waals surface area contributed by atoms with E-state index in [1.54, 1.807) is 24.3 Å². The molecule has 0 aliphatic heterocycles. The van der Waals surface area contributed by atoms with Gasteiger partial charge in [0.05, 0.1) is 7.11 Å². The fourth-order valence-corrected chi connectivity index (χ4v) is 1.28. The molecule has 1 aromatic carbocycles.